The molecule has 3 rings (SSSR count). The Hall–Kier alpha value is -2.49. The third-order valence-electron chi connectivity index (χ3n) is 4.20. The Morgan fingerprint density at radius 1 is 1.30 bits per heavy atom. The van der Waals surface area contributed by atoms with Gasteiger partial charge in [0, 0.05) is 40.5 Å². The number of anilines is 2. The third-order valence-corrected chi connectivity index (χ3v) is 5.44. The molecule has 0 radical (unpaired) electrons. The number of aliphatic hydroxyl groups excluding tert-OH is 1. The van der Waals surface area contributed by atoms with Gasteiger partial charge in [-0.1, -0.05) is 32.0 Å². The predicted molar refractivity (Wildman–Crippen MR) is 121 cm³/mol. The Balaban J connectivity index is 1.72. The zero-order chi connectivity index (χ0) is 21.6. The largest absolute Gasteiger partial charge is 0.453 e. The first-order valence-electron chi connectivity index (χ1n) is 9.36. The monoisotopic (exact) mass is 490 g/mol. The fourth-order valence-electron chi connectivity index (χ4n) is 2.70. The first-order chi connectivity index (χ1) is 14.4. The first-order valence-corrected chi connectivity index (χ1v) is 11.0. The second-order valence-corrected chi connectivity index (χ2v) is 9.00. The number of nitrogens with zero attached hydrogens (tertiary/aromatic N) is 2. The molecule has 2 aromatic heterocycles. The molecule has 7 nitrogen and oxygen atoms in total. The molecule has 0 bridgehead atoms. The summed E-state index contributed by atoms with van der Waals surface area (Å²) in [5.74, 6) is 1.70. The molecule has 0 aliphatic heterocycles. The second kappa shape index (κ2) is 10.0. The van der Waals surface area contributed by atoms with Gasteiger partial charge in [0.1, 0.15) is 5.75 Å². The summed E-state index contributed by atoms with van der Waals surface area (Å²) < 4.78 is 6.77. The molecule has 0 aliphatic carbocycles. The van der Waals surface area contributed by atoms with Crippen LogP contribution in [0.4, 0.5) is 10.9 Å². The number of carbonyl (C=O) groups is 1. The number of pyridine rings is 1. The lowest BCUT2D eigenvalue weighted by Gasteiger charge is -2.22. The highest BCUT2D eigenvalue weighted by Crippen LogP contribution is 2.33. The molecular weight excluding hydrogens is 468 g/mol. The number of rotatable bonds is 9. The molecule has 3 N–H and O–H groups in total. The summed E-state index contributed by atoms with van der Waals surface area (Å²) in [7, 11) is 0. The van der Waals surface area contributed by atoms with E-state index in [1.807, 2.05) is 55.6 Å². The van der Waals surface area contributed by atoms with E-state index in [9.17, 15) is 4.79 Å². The highest BCUT2D eigenvalue weighted by molar-refractivity contribution is 9.10. The fraction of sp³-hybridized carbons (Fsp3) is 0.286. The molecule has 30 heavy (non-hydrogen) atoms. The number of hydrogen-bond donors (Lipinski definition) is 3. The minimum Gasteiger partial charge on any atom is -0.453 e. The Labute approximate surface area is 187 Å². The predicted octanol–water partition coefficient (Wildman–Crippen LogP) is 4.51. The smallest absolute Gasteiger partial charge is 0.226 e. The topological polar surface area (TPSA) is 96.4 Å². The summed E-state index contributed by atoms with van der Waals surface area (Å²) in [5, 5.41) is 17.4. The van der Waals surface area contributed by atoms with Crippen molar-refractivity contribution in [2.24, 2.45) is 5.41 Å². The van der Waals surface area contributed by atoms with E-state index in [0.717, 1.165) is 10.2 Å². The molecule has 0 atom stereocenters. The quantitative estimate of drug-likeness (QED) is 0.408. The maximum absolute atomic E-state index is 12.3. The maximum atomic E-state index is 12.3. The number of aromatic nitrogens is 2. The lowest BCUT2D eigenvalue weighted by molar-refractivity contribution is -0.129. The van der Waals surface area contributed by atoms with Gasteiger partial charge in [0.05, 0.1) is 12.3 Å². The van der Waals surface area contributed by atoms with Crippen molar-refractivity contribution in [3.63, 3.8) is 0 Å². The summed E-state index contributed by atoms with van der Waals surface area (Å²) in [5.41, 5.74) is 0.159. The molecule has 0 aliphatic rings. The van der Waals surface area contributed by atoms with Crippen LogP contribution in [0.3, 0.4) is 0 Å². The van der Waals surface area contributed by atoms with E-state index in [1.165, 1.54) is 11.3 Å². The van der Waals surface area contributed by atoms with Crippen molar-refractivity contribution in [3.8, 4) is 11.5 Å². The Morgan fingerprint density at radius 2 is 2.07 bits per heavy atom. The van der Waals surface area contributed by atoms with Crippen LogP contribution in [0, 0.1) is 5.41 Å². The van der Waals surface area contributed by atoms with Gasteiger partial charge in [-0.15, -0.1) is 11.3 Å². The minimum absolute atomic E-state index is 0.0832. The number of halogens is 1. The lowest BCUT2D eigenvalue weighted by atomic mass is 9.87. The van der Waals surface area contributed by atoms with Gasteiger partial charge < -0.3 is 20.5 Å². The van der Waals surface area contributed by atoms with E-state index < -0.39 is 5.41 Å². The summed E-state index contributed by atoms with van der Waals surface area (Å²) in [6.45, 7) is 3.87. The lowest BCUT2D eigenvalue weighted by Crippen LogP contribution is -2.39. The van der Waals surface area contributed by atoms with Crippen molar-refractivity contribution in [3.05, 3.63) is 58.1 Å². The van der Waals surface area contributed by atoms with Gasteiger partial charge in [-0.25, -0.2) is 9.97 Å². The van der Waals surface area contributed by atoms with Crippen LogP contribution in [0.15, 0.2) is 52.4 Å². The molecule has 0 unspecified atom stereocenters. The standard InChI is InChI=1S/C21H23BrN4O3S/c1-21(2,19(28)23-8-9-27)11-15-13-30-20(25-15)26-18-17(10-14(22)12-24-18)29-16-6-4-3-5-7-16/h3-7,10,12-13,27H,8-9,11H2,1-2H3,(H,23,28)(H,24,25,26). The number of benzene rings is 1. The van der Waals surface area contributed by atoms with Crippen LogP contribution >= 0.6 is 27.3 Å². The van der Waals surface area contributed by atoms with Gasteiger partial charge in [0.25, 0.3) is 0 Å². The highest BCUT2D eigenvalue weighted by Gasteiger charge is 2.28. The van der Waals surface area contributed by atoms with Crippen molar-refractivity contribution >= 4 is 44.1 Å². The van der Waals surface area contributed by atoms with Gasteiger partial charge >= 0.3 is 0 Å². The van der Waals surface area contributed by atoms with Crippen LogP contribution in [0.1, 0.15) is 19.5 Å². The van der Waals surface area contributed by atoms with Crippen LogP contribution in [0.5, 0.6) is 11.5 Å². The number of ether oxygens (including phenoxy) is 1. The molecular formula is C21H23BrN4O3S. The zero-order valence-electron chi connectivity index (χ0n) is 16.7. The Morgan fingerprint density at radius 3 is 2.80 bits per heavy atom. The molecule has 1 amide bonds. The number of hydrogen-bond acceptors (Lipinski definition) is 7. The Kier molecular flexibility index (Phi) is 7.41. The number of carbonyl (C=O) groups excluding carboxylic acids is 1. The van der Waals surface area contributed by atoms with E-state index >= 15 is 0 Å². The summed E-state index contributed by atoms with van der Waals surface area (Å²) in [4.78, 5) is 21.3. The maximum Gasteiger partial charge on any atom is 0.226 e. The molecule has 0 fully saturated rings. The minimum atomic E-state index is -0.641. The van der Waals surface area contributed by atoms with Crippen molar-refractivity contribution in [2.45, 2.75) is 20.3 Å². The van der Waals surface area contributed by atoms with Crippen LogP contribution in [0.2, 0.25) is 0 Å². The average molecular weight is 491 g/mol. The van der Waals surface area contributed by atoms with Gasteiger partial charge in [0.2, 0.25) is 5.91 Å². The van der Waals surface area contributed by atoms with Crippen LogP contribution in [-0.2, 0) is 11.2 Å². The van der Waals surface area contributed by atoms with Gasteiger partial charge in [-0.2, -0.15) is 0 Å². The molecule has 0 saturated heterocycles. The third kappa shape index (κ3) is 6.01. The highest BCUT2D eigenvalue weighted by atomic mass is 79.9. The Bertz CT molecular complexity index is 995. The van der Waals surface area contributed by atoms with Crippen LogP contribution in [-0.4, -0.2) is 34.1 Å². The first kappa shape index (κ1) is 22.2. The average Bonchev–Trinajstić information content (AvgIpc) is 3.15. The van der Waals surface area contributed by atoms with E-state index in [-0.39, 0.29) is 19.1 Å². The van der Waals surface area contributed by atoms with Gasteiger partial charge in [-0.05, 0) is 28.1 Å². The van der Waals surface area contributed by atoms with Crippen LogP contribution < -0.4 is 15.4 Å². The summed E-state index contributed by atoms with van der Waals surface area (Å²) >= 11 is 4.86. The number of nitrogens with one attached hydrogen (secondary N) is 2. The number of para-hydroxylation sites is 1. The molecule has 3 aromatic rings. The molecule has 158 valence electrons. The normalized spacial score (nSPS) is 11.2. The zero-order valence-corrected chi connectivity index (χ0v) is 19.1. The van der Waals surface area contributed by atoms with Gasteiger partial charge in [0.15, 0.2) is 16.7 Å². The molecule has 2 heterocycles. The number of aliphatic hydroxyl groups is 1. The van der Waals surface area contributed by atoms with Crippen LogP contribution in [0.25, 0.3) is 0 Å². The molecule has 0 saturated carbocycles. The number of amides is 1. The van der Waals surface area contributed by atoms with E-state index in [2.05, 4.69) is 36.5 Å². The number of thiazole rings is 1. The second-order valence-electron chi connectivity index (χ2n) is 7.22. The summed E-state index contributed by atoms with van der Waals surface area (Å²) in [6.07, 6.45) is 2.16. The van der Waals surface area contributed by atoms with Crippen molar-refractivity contribution < 1.29 is 14.6 Å². The SMILES string of the molecule is CC(C)(Cc1csc(Nc2ncc(Br)cc2Oc2ccccc2)n1)C(=O)NCCO. The summed E-state index contributed by atoms with van der Waals surface area (Å²) in [6, 6.07) is 11.3. The fourth-order valence-corrected chi connectivity index (χ4v) is 3.72. The molecule has 1 aromatic carbocycles. The van der Waals surface area contributed by atoms with Crippen molar-refractivity contribution in [1.82, 2.24) is 15.3 Å². The van der Waals surface area contributed by atoms with E-state index in [0.29, 0.717) is 28.9 Å². The molecule has 0 spiro atoms. The van der Waals surface area contributed by atoms with E-state index in [1.54, 1.807) is 6.20 Å². The van der Waals surface area contributed by atoms with Gasteiger partial charge in [-0.3, -0.25) is 4.79 Å². The van der Waals surface area contributed by atoms with E-state index in [4.69, 9.17) is 9.84 Å². The van der Waals surface area contributed by atoms with Crippen molar-refractivity contribution in [1.29, 1.82) is 0 Å². The molecule has 9 heteroatoms. The van der Waals surface area contributed by atoms with Crippen molar-refractivity contribution in [2.75, 3.05) is 18.5 Å².